The molecule has 104 valence electrons. The van der Waals surface area contributed by atoms with Crippen molar-refractivity contribution in [2.24, 2.45) is 0 Å². The first-order valence-electron chi connectivity index (χ1n) is 6.08. The van der Waals surface area contributed by atoms with Crippen molar-refractivity contribution >= 4 is 43.5 Å². The number of hydrogen-bond acceptors (Lipinski definition) is 2. The Hall–Kier alpha value is -1.33. The molecule has 2 rings (SSSR count). The van der Waals surface area contributed by atoms with Crippen LogP contribution in [0.2, 0.25) is 0 Å². The Bertz CT molecular complexity index is 626. The average molecular weight is 398 g/mol. The molecule has 0 aromatic heterocycles. The van der Waals surface area contributed by atoms with Crippen LogP contribution in [0.5, 0.6) is 0 Å². The van der Waals surface area contributed by atoms with Crippen molar-refractivity contribution in [3.8, 4) is 0 Å². The van der Waals surface area contributed by atoms with Crippen LogP contribution in [0.1, 0.15) is 28.9 Å². The van der Waals surface area contributed by atoms with E-state index in [4.69, 9.17) is 5.73 Å². The van der Waals surface area contributed by atoms with Gasteiger partial charge >= 0.3 is 0 Å². The molecule has 20 heavy (non-hydrogen) atoms. The maximum Gasteiger partial charge on any atom is 0.252 e. The summed E-state index contributed by atoms with van der Waals surface area (Å²) in [5.41, 5.74) is 7.86. The number of nitrogens with one attached hydrogen (secondary N) is 1. The van der Waals surface area contributed by atoms with E-state index in [1.165, 1.54) is 0 Å². The number of amides is 1. The number of benzene rings is 2. The molecule has 3 N–H and O–H groups in total. The highest BCUT2D eigenvalue weighted by atomic mass is 79.9. The molecule has 0 aliphatic carbocycles. The third kappa shape index (κ3) is 3.61. The number of carbonyl (C=O) groups excluding carboxylic acids is 1. The van der Waals surface area contributed by atoms with E-state index in [-0.39, 0.29) is 11.9 Å². The van der Waals surface area contributed by atoms with Crippen molar-refractivity contribution < 1.29 is 4.79 Å². The number of carbonyl (C=O) groups is 1. The quantitative estimate of drug-likeness (QED) is 0.759. The van der Waals surface area contributed by atoms with Crippen molar-refractivity contribution in [1.82, 2.24) is 5.32 Å². The van der Waals surface area contributed by atoms with E-state index < -0.39 is 0 Å². The molecular formula is C15H14Br2N2O. The zero-order valence-corrected chi connectivity index (χ0v) is 14.0. The minimum atomic E-state index is -0.153. The van der Waals surface area contributed by atoms with E-state index in [0.29, 0.717) is 11.3 Å². The number of rotatable bonds is 3. The van der Waals surface area contributed by atoms with Gasteiger partial charge in [0.15, 0.2) is 0 Å². The highest BCUT2D eigenvalue weighted by Gasteiger charge is 2.14. The maximum absolute atomic E-state index is 12.3. The molecule has 1 atom stereocenters. The summed E-state index contributed by atoms with van der Waals surface area (Å²) in [4.78, 5) is 12.3. The number of nitrogens with two attached hydrogens (primary N) is 1. The lowest BCUT2D eigenvalue weighted by Gasteiger charge is -2.15. The van der Waals surface area contributed by atoms with Gasteiger partial charge in [0.05, 0.1) is 11.6 Å². The van der Waals surface area contributed by atoms with Gasteiger partial charge in [0.25, 0.3) is 5.91 Å². The molecular weight excluding hydrogens is 384 g/mol. The third-order valence-electron chi connectivity index (χ3n) is 2.95. The van der Waals surface area contributed by atoms with Gasteiger partial charge in [0, 0.05) is 14.6 Å². The second-order valence-corrected chi connectivity index (χ2v) is 6.26. The van der Waals surface area contributed by atoms with E-state index in [0.717, 1.165) is 14.5 Å². The molecule has 0 heterocycles. The van der Waals surface area contributed by atoms with Crippen LogP contribution < -0.4 is 11.1 Å². The Morgan fingerprint density at radius 2 is 1.80 bits per heavy atom. The van der Waals surface area contributed by atoms with Gasteiger partial charge in [0.1, 0.15) is 0 Å². The van der Waals surface area contributed by atoms with E-state index in [9.17, 15) is 4.79 Å². The molecule has 2 aromatic rings. The van der Waals surface area contributed by atoms with Gasteiger partial charge in [-0.25, -0.2) is 0 Å². The molecule has 0 aliphatic rings. The van der Waals surface area contributed by atoms with Crippen LogP contribution >= 0.6 is 31.9 Å². The summed E-state index contributed by atoms with van der Waals surface area (Å²) in [6.07, 6.45) is 0. The van der Waals surface area contributed by atoms with Gasteiger partial charge in [-0.15, -0.1) is 0 Å². The van der Waals surface area contributed by atoms with E-state index >= 15 is 0 Å². The lowest BCUT2D eigenvalue weighted by Crippen LogP contribution is -2.27. The Balaban J connectivity index is 2.15. The Labute approximate surface area is 134 Å². The predicted octanol–water partition coefficient (Wildman–Crippen LogP) is 4.28. The van der Waals surface area contributed by atoms with Crippen LogP contribution in [0.4, 0.5) is 5.69 Å². The Morgan fingerprint density at radius 1 is 1.15 bits per heavy atom. The van der Waals surface area contributed by atoms with Crippen molar-refractivity contribution in [2.45, 2.75) is 13.0 Å². The second-order valence-electron chi connectivity index (χ2n) is 4.49. The highest BCUT2D eigenvalue weighted by Crippen LogP contribution is 2.21. The normalized spacial score (nSPS) is 11.9. The van der Waals surface area contributed by atoms with Crippen LogP contribution in [0, 0.1) is 0 Å². The summed E-state index contributed by atoms with van der Waals surface area (Å²) < 4.78 is 1.74. The first kappa shape index (κ1) is 15.1. The van der Waals surface area contributed by atoms with Gasteiger partial charge in [0.2, 0.25) is 0 Å². The summed E-state index contributed by atoms with van der Waals surface area (Å²) in [5.74, 6) is -0.153. The van der Waals surface area contributed by atoms with E-state index in [1.54, 1.807) is 18.2 Å². The molecule has 2 aromatic carbocycles. The molecule has 0 saturated heterocycles. The van der Waals surface area contributed by atoms with Gasteiger partial charge in [-0.3, -0.25) is 4.79 Å². The number of anilines is 1. The highest BCUT2D eigenvalue weighted by molar-refractivity contribution is 9.10. The minimum Gasteiger partial charge on any atom is -0.399 e. The van der Waals surface area contributed by atoms with Gasteiger partial charge < -0.3 is 11.1 Å². The average Bonchev–Trinajstić information content (AvgIpc) is 2.42. The fourth-order valence-corrected chi connectivity index (χ4v) is 2.52. The number of hydrogen-bond donors (Lipinski definition) is 2. The molecule has 5 heteroatoms. The second kappa shape index (κ2) is 6.41. The predicted molar refractivity (Wildman–Crippen MR) is 88.6 cm³/mol. The topological polar surface area (TPSA) is 55.1 Å². The molecule has 0 fully saturated rings. The molecule has 1 amide bonds. The number of halogens is 2. The smallest absolute Gasteiger partial charge is 0.252 e. The van der Waals surface area contributed by atoms with Crippen molar-refractivity contribution in [3.63, 3.8) is 0 Å². The lowest BCUT2D eigenvalue weighted by atomic mass is 10.1. The zero-order valence-electron chi connectivity index (χ0n) is 10.9. The van der Waals surface area contributed by atoms with Gasteiger partial charge in [-0.1, -0.05) is 28.1 Å². The first-order valence-corrected chi connectivity index (χ1v) is 7.67. The molecule has 0 aliphatic heterocycles. The zero-order chi connectivity index (χ0) is 14.7. The summed E-state index contributed by atoms with van der Waals surface area (Å²) in [5, 5.41) is 2.96. The van der Waals surface area contributed by atoms with Crippen LogP contribution in [0.25, 0.3) is 0 Å². The molecule has 0 saturated carbocycles. The summed E-state index contributed by atoms with van der Waals surface area (Å²) in [6.45, 7) is 1.95. The Morgan fingerprint density at radius 3 is 2.45 bits per heavy atom. The monoisotopic (exact) mass is 396 g/mol. The molecule has 1 unspecified atom stereocenters. The lowest BCUT2D eigenvalue weighted by molar-refractivity contribution is 0.0939. The molecule has 0 spiro atoms. The first-order chi connectivity index (χ1) is 9.47. The fraction of sp³-hybridized carbons (Fsp3) is 0.133. The van der Waals surface area contributed by atoms with Crippen LogP contribution in [0.15, 0.2) is 51.4 Å². The summed E-state index contributed by atoms with van der Waals surface area (Å²) in [7, 11) is 0. The molecule has 0 bridgehead atoms. The van der Waals surface area contributed by atoms with Crippen LogP contribution in [0.3, 0.4) is 0 Å². The summed E-state index contributed by atoms with van der Waals surface area (Å²) in [6, 6.07) is 13.0. The SMILES string of the molecule is CC(NC(=O)c1cc(N)ccc1Br)c1ccc(Br)cc1. The fourth-order valence-electron chi connectivity index (χ4n) is 1.83. The third-order valence-corrected chi connectivity index (χ3v) is 4.17. The van der Waals surface area contributed by atoms with Crippen LogP contribution in [-0.4, -0.2) is 5.91 Å². The van der Waals surface area contributed by atoms with Crippen LogP contribution in [-0.2, 0) is 0 Å². The minimum absolute atomic E-state index is 0.0797. The van der Waals surface area contributed by atoms with E-state index in [2.05, 4.69) is 37.2 Å². The molecule has 0 radical (unpaired) electrons. The van der Waals surface area contributed by atoms with Crippen molar-refractivity contribution in [2.75, 3.05) is 5.73 Å². The molecule has 3 nitrogen and oxygen atoms in total. The standard InChI is InChI=1S/C15H14Br2N2O/c1-9(10-2-4-11(16)5-3-10)19-15(20)13-8-12(18)6-7-14(13)17/h2-9H,18H2,1H3,(H,19,20). The summed E-state index contributed by atoms with van der Waals surface area (Å²) >= 11 is 6.76. The van der Waals surface area contributed by atoms with Gasteiger partial charge in [-0.2, -0.15) is 0 Å². The van der Waals surface area contributed by atoms with Gasteiger partial charge in [-0.05, 0) is 58.7 Å². The Kier molecular flexibility index (Phi) is 4.83. The van der Waals surface area contributed by atoms with E-state index in [1.807, 2.05) is 31.2 Å². The van der Waals surface area contributed by atoms with Crippen molar-refractivity contribution in [1.29, 1.82) is 0 Å². The largest absolute Gasteiger partial charge is 0.399 e. The number of nitrogen functional groups attached to an aromatic ring is 1. The van der Waals surface area contributed by atoms with Crippen molar-refractivity contribution in [3.05, 3.63) is 62.5 Å². The maximum atomic E-state index is 12.3.